The fraction of sp³-hybridized carbons (Fsp3) is 0.400. The smallest absolute Gasteiger partial charge is 0.228 e. The van der Waals surface area contributed by atoms with Crippen LogP contribution in [0.25, 0.3) is 0 Å². The summed E-state index contributed by atoms with van der Waals surface area (Å²) in [6.45, 7) is 1.99. The van der Waals surface area contributed by atoms with Gasteiger partial charge in [-0.1, -0.05) is 0 Å². The van der Waals surface area contributed by atoms with Gasteiger partial charge in [-0.2, -0.15) is 0 Å². The predicted molar refractivity (Wildman–Crippen MR) is 24.6 cm³/mol. The lowest BCUT2D eigenvalue weighted by molar-refractivity contribution is -0.849. The highest BCUT2D eigenvalue weighted by atomic mass is 16.5. The maximum absolute atomic E-state index is 4.88. The van der Waals surface area contributed by atoms with Gasteiger partial charge in [-0.3, -0.25) is 0 Å². The second-order valence-corrected chi connectivity index (χ2v) is 1.55. The average Bonchev–Trinajstić information content (AvgIpc) is 1.91. The third-order valence-electron chi connectivity index (χ3n) is 1.02. The minimum Gasteiger partial charge on any atom is -0.245 e. The first-order valence-electron chi connectivity index (χ1n) is 2.21. The molecule has 38 valence electrons. The Hall–Kier alpha value is -0.790. The lowest BCUT2D eigenvalue weighted by atomic mass is 10.5. The summed E-state index contributed by atoms with van der Waals surface area (Å²) in [7, 11) is 1.87. The minimum absolute atomic E-state index is 1.14. The van der Waals surface area contributed by atoms with Gasteiger partial charge in [-0.05, 0) is 4.74 Å². The zero-order chi connectivity index (χ0) is 5.28. The molecule has 0 atom stereocenters. The van der Waals surface area contributed by atoms with E-state index >= 15 is 0 Å². The zero-order valence-electron chi connectivity index (χ0n) is 4.51. The Morgan fingerprint density at radius 2 is 2.43 bits per heavy atom. The van der Waals surface area contributed by atoms with E-state index in [-0.39, 0.29) is 0 Å². The normalized spacial score (nSPS) is 9.43. The maximum atomic E-state index is 4.88. The molecule has 1 heterocycles. The van der Waals surface area contributed by atoms with Gasteiger partial charge in [0.2, 0.25) is 5.69 Å². The maximum Gasteiger partial charge on any atom is 0.228 e. The SMILES string of the molecule is Cc1cco[n+]1C. The molecule has 0 unspecified atom stereocenters. The summed E-state index contributed by atoms with van der Waals surface area (Å²) in [4.78, 5) is 0. The summed E-state index contributed by atoms with van der Waals surface area (Å²) in [6, 6.07) is 1.92. The van der Waals surface area contributed by atoms with E-state index in [1.807, 2.05) is 20.0 Å². The number of hydrogen-bond donors (Lipinski definition) is 0. The highest BCUT2D eigenvalue weighted by molar-refractivity contribution is 4.83. The van der Waals surface area contributed by atoms with Crippen LogP contribution < -0.4 is 4.74 Å². The van der Waals surface area contributed by atoms with Crippen LogP contribution in [0, 0.1) is 6.92 Å². The van der Waals surface area contributed by atoms with E-state index < -0.39 is 0 Å². The van der Waals surface area contributed by atoms with Crippen LogP contribution in [0.3, 0.4) is 0 Å². The molecule has 0 radical (unpaired) electrons. The molecule has 1 aromatic rings. The second-order valence-electron chi connectivity index (χ2n) is 1.55. The van der Waals surface area contributed by atoms with Gasteiger partial charge in [0.25, 0.3) is 0 Å². The van der Waals surface area contributed by atoms with Gasteiger partial charge < -0.3 is 0 Å². The molecule has 7 heavy (non-hydrogen) atoms. The topological polar surface area (TPSA) is 17.0 Å². The molecule has 0 N–H and O–H groups in total. The molecule has 1 rings (SSSR count). The van der Waals surface area contributed by atoms with Crippen molar-refractivity contribution in [2.45, 2.75) is 6.92 Å². The van der Waals surface area contributed by atoms with Gasteiger partial charge in [-0.25, -0.2) is 4.52 Å². The molecule has 0 fully saturated rings. The summed E-state index contributed by atoms with van der Waals surface area (Å²) in [5.41, 5.74) is 1.14. The van der Waals surface area contributed by atoms with Crippen molar-refractivity contribution in [2.24, 2.45) is 7.05 Å². The standard InChI is InChI=1S/C5H8NO/c1-5-3-4-7-6(5)2/h3-4H,1-2H3/q+1. The molecule has 0 aliphatic rings. The zero-order valence-corrected chi connectivity index (χ0v) is 4.51. The Morgan fingerprint density at radius 1 is 1.71 bits per heavy atom. The van der Waals surface area contributed by atoms with E-state index in [1.54, 1.807) is 11.0 Å². The summed E-state index contributed by atoms with van der Waals surface area (Å²) in [6.07, 6.45) is 1.66. The van der Waals surface area contributed by atoms with Crippen LogP contribution >= 0.6 is 0 Å². The largest absolute Gasteiger partial charge is 0.245 e. The molecule has 0 aromatic carbocycles. The van der Waals surface area contributed by atoms with Gasteiger partial charge in [0.1, 0.15) is 0 Å². The van der Waals surface area contributed by atoms with E-state index in [9.17, 15) is 0 Å². The van der Waals surface area contributed by atoms with E-state index in [0.29, 0.717) is 0 Å². The summed E-state index contributed by atoms with van der Waals surface area (Å²) >= 11 is 0. The molecule has 0 bridgehead atoms. The van der Waals surface area contributed by atoms with Crippen molar-refractivity contribution >= 4 is 0 Å². The molecule has 0 aliphatic heterocycles. The first-order valence-corrected chi connectivity index (χ1v) is 2.21. The van der Waals surface area contributed by atoms with Crippen LogP contribution in [0.4, 0.5) is 0 Å². The second kappa shape index (κ2) is 1.37. The monoisotopic (exact) mass is 98.1 g/mol. The number of hydrogen-bond acceptors (Lipinski definition) is 1. The van der Waals surface area contributed by atoms with E-state index in [4.69, 9.17) is 4.52 Å². The van der Waals surface area contributed by atoms with Gasteiger partial charge >= 0.3 is 0 Å². The third-order valence-corrected chi connectivity index (χ3v) is 1.02. The van der Waals surface area contributed by atoms with Crippen LogP contribution in [-0.4, -0.2) is 0 Å². The van der Waals surface area contributed by atoms with Crippen molar-refractivity contribution in [3.63, 3.8) is 0 Å². The Labute approximate surface area is 42.3 Å². The van der Waals surface area contributed by atoms with Crippen molar-refractivity contribution in [1.82, 2.24) is 0 Å². The summed E-state index contributed by atoms with van der Waals surface area (Å²) in [5, 5.41) is 0. The van der Waals surface area contributed by atoms with E-state index in [2.05, 4.69) is 0 Å². The number of rotatable bonds is 0. The average molecular weight is 98.1 g/mol. The molecule has 2 nitrogen and oxygen atoms in total. The first kappa shape index (κ1) is 4.37. The summed E-state index contributed by atoms with van der Waals surface area (Å²) in [5.74, 6) is 0. The molecule has 0 saturated carbocycles. The van der Waals surface area contributed by atoms with Crippen LogP contribution in [-0.2, 0) is 7.05 Å². The minimum atomic E-state index is 1.14. The first-order chi connectivity index (χ1) is 3.30. The van der Waals surface area contributed by atoms with Crippen LogP contribution in [0.15, 0.2) is 16.9 Å². The van der Waals surface area contributed by atoms with Crippen LogP contribution in [0.2, 0.25) is 0 Å². The van der Waals surface area contributed by atoms with Gasteiger partial charge in [0.15, 0.2) is 13.3 Å². The third kappa shape index (κ3) is 0.633. The lowest BCUT2D eigenvalue weighted by Gasteiger charge is -1.71. The summed E-state index contributed by atoms with van der Waals surface area (Å²) < 4.78 is 6.59. The highest BCUT2D eigenvalue weighted by Gasteiger charge is 1.98. The highest BCUT2D eigenvalue weighted by Crippen LogP contribution is 1.83. The molecule has 0 amide bonds. The van der Waals surface area contributed by atoms with Gasteiger partial charge in [0.05, 0.1) is 6.07 Å². The molecular weight excluding hydrogens is 90.1 g/mol. The van der Waals surface area contributed by atoms with E-state index in [1.165, 1.54) is 0 Å². The predicted octanol–water partition coefficient (Wildman–Crippen LogP) is 0.413. The van der Waals surface area contributed by atoms with Gasteiger partial charge in [-0.15, -0.1) is 0 Å². The van der Waals surface area contributed by atoms with Crippen molar-refractivity contribution in [1.29, 1.82) is 0 Å². The Morgan fingerprint density at radius 3 is 2.57 bits per heavy atom. The Bertz CT molecular complexity index is 140. The van der Waals surface area contributed by atoms with Crippen LogP contribution in [0.1, 0.15) is 5.69 Å². The fourth-order valence-corrected chi connectivity index (χ4v) is 0.408. The van der Waals surface area contributed by atoms with Crippen molar-refractivity contribution in [3.8, 4) is 0 Å². The molecule has 2 heteroatoms. The molecule has 0 saturated heterocycles. The quantitative estimate of drug-likeness (QED) is 0.429. The number of aromatic nitrogens is 1. The fourth-order valence-electron chi connectivity index (χ4n) is 0.408. The van der Waals surface area contributed by atoms with Crippen molar-refractivity contribution in [3.05, 3.63) is 18.0 Å². The number of aryl methyl sites for hydroxylation is 2. The Balaban J connectivity index is 3.12. The van der Waals surface area contributed by atoms with Gasteiger partial charge in [0, 0.05) is 6.92 Å². The molecule has 1 aromatic heterocycles. The molecular formula is C5H8NO+. The van der Waals surface area contributed by atoms with Crippen LogP contribution in [0.5, 0.6) is 0 Å². The van der Waals surface area contributed by atoms with E-state index in [0.717, 1.165) is 5.69 Å². The van der Waals surface area contributed by atoms with Crippen molar-refractivity contribution < 1.29 is 9.26 Å². The molecule has 0 spiro atoms. The molecule has 0 aliphatic carbocycles. The Kier molecular flexibility index (Phi) is 0.855. The van der Waals surface area contributed by atoms with Crippen molar-refractivity contribution in [2.75, 3.05) is 0 Å². The number of nitrogens with zero attached hydrogens (tertiary/aromatic N) is 1. The lowest BCUT2D eigenvalue weighted by Crippen LogP contribution is -2.27.